The van der Waals surface area contributed by atoms with E-state index in [2.05, 4.69) is 6.92 Å². The topological polar surface area (TPSA) is 68.3 Å². The molecule has 0 N–H and O–H groups in total. The molecule has 2 fully saturated rings. The minimum absolute atomic E-state index is 0.224. The van der Waals surface area contributed by atoms with Crippen LogP contribution < -0.4 is 14.5 Å². The average Bonchev–Trinajstić information content (AvgIpc) is 3.43. The van der Waals surface area contributed by atoms with E-state index in [1.54, 1.807) is 5.06 Å². The molecule has 2 amide bonds. The van der Waals surface area contributed by atoms with Crippen molar-refractivity contribution in [3.8, 4) is 11.5 Å². The first-order valence-electron chi connectivity index (χ1n) is 12.9. The van der Waals surface area contributed by atoms with Crippen LogP contribution in [-0.4, -0.2) is 36.0 Å². The summed E-state index contributed by atoms with van der Waals surface area (Å²) in [6, 6.07) is 24.3. The lowest BCUT2D eigenvalue weighted by Gasteiger charge is -2.29. The van der Waals surface area contributed by atoms with E-state index < -0.39 is 18.1 Å². The summed E-state index contributed by atoms with van der Waals surface area (Å²) in [6.07, 6.45) is 1.09. The summed E-state index contributed by atoms with van der Waals surface area (Å²) in [5, 5.41) is 1.70. The van der Waals surface area contributed by atoms with E-state index in [1.807, 2.05) is 85.8 Å². The minimum atomic E-state index is -0.891. The van der Waals surface area contributed by atoms with E-state index in [4.69, 9.17) is 14.3 Å². The van der Waals surface area contributed by atoms with E-state index in [0.29, 0.717) is 24.7 Å². The Morgan fingerprint density at radius 1 is 0.838 bits per heavy atom. The van der Waals surface area contributed by atoms with Crippen molar-refractivity contribution in [3.63, 3.8) is 0 Å². The van der Waals surface area contributed by atoms with Gasteiger partial charge in [-0.2, -0.15) is 0 Å². The predicted octanol–water partition coefficient (Wildman–Crippen LogP) is 5.31. The highest BCUT2D eigenvalue weighted by Gasteiger charge is 2.59. The molecule has 5 rings (SSSR count). The number of anilines is 1. The molecule has 2 saturated heterocycles. The fourth-order valence-electron chi connectivity index (χ4n) is 4.95. The molecule has 2 aliphatic rings. The van der Waals surface area contributed by atoms with Gasteiger partial charge in [0.05, 0.1) is 31.5 Å². The van der Waals surface area contributed by atoms with Crippen LogP contribution in [0.1, 0.15) is 43.9 Å². The highest BCUT2D eigenvalue weighted by molar-refractivity contribution is 6.07. The standard InChI is InChI=1S/C30H32N2O5/c1-3-5-18-36-24-17-16-22(19-25(24)35-4-2)27-26-28(37-32(27)23-14-10-7-11-15-23)30(34)31(29(26)33)20-21-12-8-6-9-13-21/h6-17,19,26-28H,3-5,18,20H2,1-2H3/t26-,27-,28+/m0/s1. The van der Waals surface area contributed by atoms with Gasteiger partial charge in [-0.15, -0.1) is 0 Å². The lowest BCUT2D eigenvalue weighted by atomic mass is 9.90. The number of carbonyl (C=O) groups excluding carboxylic acids is 2. The maximum atomic E-state index is 13.8. The minimum Gasteiger partial charge on any atom is -0.490 e. The molecule has 0 bridgehead atoms. The van der Waals surface area contributed by atoms with Gasteiger partial charge in [0.25, 0.3) is 5.91 Å². The molecule has 0 saturated carbocycles. The number of benzene rings is 3. The normalized spacial score (nSPS) is 20.9. The number of unbranched alkanes of at least 4 members (excludes halogenated alkanes) is 1. The number of ether oxygens (including phenoxy) is 2. The van der Waals surface area contributed by atoms with Crippen LogP contribution >= 0.6 is 0 Å². The van der Waals surface area contributed by atoms with Gasteiger partial charge >= 0.3 is 0 Å². The van der Waals surface area contributed by atoms with Crippen molar-refractivity contribution in [3.05, 3.63) is 90.0 Å². The van der Waals surface area contributed by atoms with Crippen molar-refractivity contribution in [2.24, 2.45) is 5.92 Å². The number of imide groups is 1. The zero-order chi connectivity index (χ0) is 25.8. The summed E-state index contributed by atoms with van der Waals surface area (Å²) in [6.45, 7) is 5.34. The van der Waals surface area contributed by atoms with Crippen LogP contribution in [0, 0.1) is 5.92 Å². The first kappa shape index (κ1) is 24.8. The summed E-state index contributed by atoms with van der Waals surface area (Å²) in [5.41, 5.74) is 2.50. The molecule has 0 aliphatic carbocycles. The Bertz CT molecular complexity index is 1230. The van der Waals surface area contributed by atoms with Gasteiger partial charge in [-0.3, -0.25) is 19.3 Å². The molecule has 192 valence electrons. The fraction of sp³-hybridized carbons (Fsp3) is 0.333. The van der Waals surface area contributed by atoms with Gasteiger partial charge in [0, 0.05) is 0 Å². The average molecular weight is 501 g/mol. The SMILES string of the molecule is CCCCOc1ccc([C@H]2[C@@H]3C(=O)N(Cc4ccccc4)C(=O)[C@@H]3ON2c2ccccc2)cc1OCC. The van der Waals surface area contributed by atoms with Gasteiger partial charge in [0.2, 0.25) is 5.91 Å². The monoisotopic (exact) mass is 500 g/mol. The van der Waals surface area contributed by atoms with Gasteiger partial charge in [0.1, 0.15) is 5.92 Å². The molecule has 0 aromatic heterocycles. The second-order valence-electron chi connectivity index (χ2n) is 9.25. The number of fused-ring (bicyclic) bond motifs is 1. The predicted molar refractivity (Wildman–Crippen MR) is 140 cm³/mol. The summed E-state index contributed by atoms with van der Waals surface area (Å²) in [5.74, 6) is 0.0545. The van der Waals surface area contributed by atoms with Crippen molar-refractivity contribution in [1.29, 1.82) is 0 Å². The zero-order valence-corrected chi connectivity index (χ0v) is 21.2. The number of amides is 2. The highest BCUT2D eigenvalue weighted by Crippen LogP contribution is 2.48. The Morgan fingerprint density at radius 3 is 2.27 bits per heavy atom. The third-order valence-electron chi connectivity index (χ3n) is 6.77. The Kier molecular flexibility index (Phi) is 7.42. The summed E-state index contributed by atoms with van der Waals surface area (Å²) in [7, 11) is 0. The van der Waals surface area contributed by atoms with Crippen molar-refractivity contribution in [2.75, 3.05) is 18.3 Å². The van der Waals surface area contributed by atoms with E-state index in [9.17, 15) is 9.59 Å². The van der Waals surface area contributed by atoms with Gasteiger partial charge in [0.15, 0.2) is 17.6 Å². The number of carbonyl (C=O) groups is 2. The molecule has 37 heavy (non-hydrogen) atoms. The number of hydrogen-bond donors (Lipinski definition) is 0. The van der Waals surface area contributed by atoms with Crippen LogP contribution in [0.25, 0.3) is 0 Å². The number of para-hydroxylation sites is 1. The molecule has 0 spiro atoms. The molecule has 2 aliphatic heterocycles. The van der Waals surface area contributed by atoms with Crippen molar-refractivity contribution in [1.82, 2.24) is 4.90 Å². The van der Waals surface area contributed by atoms with Crippen molar-refractivity contribution >= 4 is 17.5 Å². The molecule has 2 heterocycles. The molecule has 3 atom stereocenters. The van der Waals surface area contributed by atoms with Crippen LogP contribution in [-0.2, 0) is 21.0 Å². The van der Waals surface area contributed by atoms with Crippen LogP contribution in [0.15, 0.2) is 78.9 Å². The molecule has 0 unspecified atom stereocenters. The third kappa shape index (κ3) is 4.91. The van der Waals surface area contributed by atoms with E-state index in [-0.39, 0.29) is 18.4 Å². The first-order chi connectivity index (χ1) is 18.1. The number of rotatable bonds is 10. The van der Waals surface area contributed by atoms with Gasteiger partial charge in [-0.05, 0) is 48.7 Å². The van der Waals surface area contributed by atoms with Crippen LogP contribution in [0.4, 0.5) is 5.69 Å². The number of likely N-dealkylation sites (tertiary alicyclic amines) is 1. The van der Waals surface area contributed by atoms with Crippen molar-refractivity contribution in [2.45, 2.75) is 45.4 Å². The fourth-order valence-corrected chi connectivity index (χ4v) is 4.95. The lowest BCUT2D eigenvalue weighted by molar-refractivity contribution is -0.143. The van der Waals surface area contributed by atoms with Crippen molar-refractivity contribution < 1.29 is 23.9 Å². The van der Waals surface area contributed by atoms with Crippen LogP contribution in [0.5, 0.6) is 11.5 Å². The largest absolute Gasteiger partial charge is 0.490 e. The molecule has 3 aromatic carbocycles. The Morgan fingerprint density at radius 2 is 1.57 bits per heavy atom. The zero-order valence-electron chi connectivity index (χ0n) is 21.2. The highest BCUT2D eigenvalue weighted by atomic mass is 16.7. The van der Waals surface area contributed by atoms with Crippen LogP contribution in [0.2, 0.25) is 0 Å². The van der Waals surface area contributed by atoms with Gasteiger partial charge < -0.3 is 9.47 Å². The molecule has 7 nitrogen and oxygen atoms in total. The van der Waals surface area contributed by atoms with Gasteiger partial charge in [-0.25, -0.2) is 5.06 Å². The quantitative estimate of drug-likeness (QED) is 0.278. The lowest BCUT2D eigenvalue weighted by Crippen LogP contribution is -2.36. The second kappa shape index (κ2) is 11.0. The molecular formula is C30H32N2O5. The number of hydroxylamine groups is 1. The van der Waals surface area contributed by atoms with E-state index >= 15 is 0 Å². The Hall–Kier alpha value is -3.84. The smallest absolute Gasteiger partial charge is 0.262 e. The number of hydrogen-bond acceptors (Lipinski definition) is 6. The molecule has 0 radical (unpaired) electrons. The summed E-state index contributed by atoms with van der Waals surface area (Å²) in [4.78, 5) is 34.8. The van der Waals surface area contributed by atoms with E-state index in [0.717, 1.165) is 29.7 Å². The molecule has 7 heteroatoms. The van der Waals surface area contributed by atoms with Gasteiger partial charge in [-0.1, -0.05) is 67.9 Å². The first-order valence-corrected chi connectivity index (χ1v) is 12.9. The van der Waals surface area contributed by atoms with Crippen LogP contribution in [0.3, 0.4) is 0 Å². The summed E-state index contributed by atoms with van der Waals surface area (Å²) < 4.78 is 11.9. The van der Waals surface area contributed by atoms with E-state index in [1.165, 1.54) is 4.90 Å². The maximum absolute atomic E-state index is 13.8. The Balaban J connectivity index is 1.51. The maximum Gasteiger partial charge on any atom is 0.262 e. The molecular weight excluding hydrogens is 468 g/mol. The molecule has 3 aromatic rings. The second-order valence-corrected chi connectivity index (χ2v) is 9.25. The summed E-state index contributed by atoms with van der Waals surface area (Å²) >= 11 is 0. The third-order valence-corrected chi connectivity index (χ3v) is 6.77. The Labute approximate surface area is 217 Å². The number of nitrogens with zero attached hydrogens (tertiary/aromatic N) is 2.